The van der Waals surface area contributed by atoms with Gasteiger partial charge >= 0.3 is 0 Å². The minimum atomic E-state index is -0.500. The summed E-state index contributed by atoms with van der Waals surface area (Å²) in [6, 6.07) is 15.7. The molecule has 1 aliphatic rings. The SMILES string of the molecule is CCCCCCCCNC(=O)c1cc(-c2ccccc2)ccc1CC1SC(=O)NC1=O. The molecule has 2 N–H and O–H groups in total. The molecule has 1 saturated heterocycles. The van der Waals surface area contributed by atoms with Gasteiger partial charge in [-0.2, -0.15) is 0 Å². The van der Waals surface area contributed by atoms with Gasteiger partial charge in [0.2, 0.25) is 5.91 Å². The summed E-state index contributed by atoms with van der Waals surface area (Å²) in [5.41, 5.74) is 3.33. The van der Waals surface area contributed by atoms with Gasteiger partial charge < -0.3 is 5.32 Å². The number of hydrogen-bond donors (Lipinski definition) is 2. The number of amides is 3. The van der Waals surface area contributed by atoms with E-state index in [4.69, 9.17) is 0 Å². The van der Waals surface area contributed by atoms with E-state index < -0.39 is 5.25 Å². The zero-order valence-corrected chi connectivity index (χ0v) is 18.8. The predicted molar refractivity (Wildman–Crippen MR) is 126 cm³/mol. The van der Waals surface area contributed by atoms with Crippen LogP contribution in [0.3, 0.4) is 0 Å². The summed E-state index contributed by atoms with van der Waals surface area (Å²) < 4.78 is 0. The van der Waals surface area contributed by atoms with E-state index in [-0.39, 0.29) is 17.1 Å². The van der Waals surface area contributed by atoms with Crippen molar-refractivity contribution < 1.29 is 14.4 Å². The standard InChI is InChI=1S/C25H30N2O3S/c1-2-3-4-5-6-10-15-26-23(28)21-16-19(18-11-8-7-9-12-18)13-14-20(21)17-22-24(29)27-25(30)31-22/h7-9,11-14,16,22H,2-6,10,15,17H2,1H3,(H,26,28)(H,27,29,30). The van der Waals surface area contributed by atoms with Gasteiger partial charge in [0, 0.05) is 12.1 Å². The molecule has 31 heavy (non-hydrogen) atoms. The third-order valence-electron chi connectivity index (χ3n) is 5.45. The van der Waals surface area contributed by atoms with Gasteiger partial charge in [0.15, 0.2) is 0 Å². The molecule has 1 aliphatic heterocycles. The van der Waals surface area contributed by atoms with Crippen LogP contribution in [-0.2, 0) is 11.2 Å². The number of unbranched alkanes of at least 4 members (excludes halogenated alkanes) is 5. The highest BCUT2D eigenvalue weighted by atomic mass is 32.2. The van der Waals surface area contributed by atoms with E-state index in [9.17, 15) is 14.4 Å². The molecule has 1 fully saturated rings. The highest BCUT2D eigenvalue weighted by Crippen LogP contribution is 2.27. The first kappa shape index (κ1) is 23.1. The predicted octanol–water partition coefficient (Wildman–Crippen LogP) is 5.34. The number of hydrogen-bond acceptors (Lipinski definition) is 4. The van der Waals surface area contributed by atoms with E-state index in [0.717, 1.165) is 41.3 Å². The van der Waals surface area contributed by atoms with Crippen LogP contribution in [0.1, 0.15) is 61.4 Å². The van der Waals surface area contributed by atoms with E-state index in [1.807, 2.05) is 48.5 Å². The molecule has 0 saturated carbocycles. The van der Waals surface area contributed by atoms with Crippen LogP contribution >= 0.6 is 11.8 Å². The second kappa shape index (κ2) is 11.7. The molecule has 1 unspecified atom stereocenters. The van der Waals surface area contributed by atoms with Gasteiger partial charge in [-0.15, -0.1) is 0 Å². The number of carbonyl (C=O) groups is 3. The van der Waals surface area contributed by atoms with Crippen LogP contribution in [0.4, 0.5) is 4.79 Å². The molecular formula is C25H30N2O3S. The summed E-state index contributed by atoms with van der Waals surface area (Å²) >= 11 is 0.989. The van der Waals surface area contributed by atoms with E-state index in [1.165, 1.54) is 25.7 Å². The Bertz CT molecular complexity index is 914. The first-order chi connectivity index (χ1) is 15.1. The molecule has 5 nitrogen and oxygen atoms in total. The van der Waals surface area contributed by atoms with Crippen LogP contribution in [0.25, 0.3) is 11.1 Å². The number of nitrogens with one attached hydrogen (secondary N) is 2. The maximum atomic E-state index is 13.0. The number of benzene rings is 2. The van der Waals surface area contributed by atoms with Crippen LogP contribution in [0, 0.1) is 0 Å². The Morgan fingerprint density at radius 2 is 1.71 bits per heavy atom. The second-order valence-electron chi connectivity index (χ2n) is 7.85. The van der Waals surface area contributed by atoms with Crippen LogP contribution in [0.5, 0.6) is 0 Å². The Labute approximate surface area is 188 Å². The summed E-state index contributed by atoms with van der Waals surface area (Å²) in [6.07, 6.45) is 7.33. The largest absolute Gasteiger partial charge is 0.352 e. The Morgan fingerprint density at radius 3 is 2.42 bits per heavy atom. The molecule has 3 rings (SSSR count). The highest BCUT2D eigenvalue weighted by molar-refractivity contribution is 8.15. The molecule has 0 spiro atoms. The lowest BCUT2D eigenvalue weighted by molar-refractivity contribution is -0.118. The normalized spacial score (nSPS) is 15.7. The summed E-state index contributed by atoms with van der Waals surface area (Å²) in [6.45, 7) is 2.84. The Kier molecular flexibility index (Phi) is 8.71. The number of thioether (sulfide) groups is 1. The highest BCUT2D eigenvalue weighted by Gasteiger charge is 2.32. The summed E-state index contributed by atoms with van der Waals surface area (Å²) in [7, 11) is 0. The molecule has 0 aliphatic carbocycles. The van der Waals surface area contributed by atoms with Crippen molar-refractivity contribution in [2.45, 2.75) is 57.1 Å². The van der Waals surface area contributed by atoms with Crippen molar-refractivity contribution in [1.82, 2.24) is 10.6 Å². The van der Waals surface area contributed by atoms with Crippen LogP contribution in [-0.4, -0.2) is 28.8 Å². The Morgan fingerprint density at radius 1 is 0.968 bits per heavy atom. The molecular weight excluding hydrogens is 408 g/mol. The third kappa shape index (κ3) is 6.69. The monoisotopic (exact) mass is 438 g/mol. The lowest BCUT2D eigenvalue weighted by atomic mass is 9.96. The summed E-state index contributed by atoms with van der Waals surface area (Å²) in [5.74, 6) is -0.420. The van der Waals surface area contributed by atoms with Gasteiger partial charge in [-0.1, -0.05) is 93.3 Å². The zero-order valence-electron chi connectivity index (χ0n) is 18.0. The summed E-state index contributed by atoms with van der Waals surface area (Å²) in [4.78, 5) is 36.6. The van der Waals surface area contributed by atoms with Crippen molar-refractivity contribution in [2.24, 2.45) is 0 Å². The fourth-order valence-corrected chi connectivity index (χ4v) is 4.55. The fourth-order valence-electron chi connectivity index (χ4n) is 3.71. The van der Waals surface area contributed by atoms with Gasteiger partial charge in [-0.3, -0.25) is 19.7 Å². The maximum Gasteiger partial charge on any atom is 0.286 e. The minimum absolute atomic E-state index is 0.129. The topological polar surface area (TPSA) is 75.3 Å². The minimum Gasteiger partial charge on any atom is -0.352 e. The summed E-state index contributed by atoms with van der Waals surface area (Å²) in [5, 5.41) is 4.53. The first-order valence-corrected chi connectivity index (χ1v) is 11.9. The van der Waals surface area contributed by atoms with Crippen LogP contribution in [0.15, 0.2) is 48.5 Å². The van der Waals surface area contributed by atoms with Gasteiger partial charge in [-0.25, -0.2) is 0 Å². The number of carbonyl (C=O) groups excluding carboxylic acids is 3. The van der Waals surface area contributed by atoms with Crippen molar-refractivity contribution in [2.75, 3.05) is 6.54 Å². The van der Waals surface area contributed by atoms with Crippen molar-refractivity contribution in [1.29, 1.82) is 0 Å². The quantitative estimate of drug-likeness (QED) is 0.465. The van der Waals surface area contributed by atoms with Crippen molar-refractivity contribution in [3.8, 4) is 11.1 Å². The average Bonchev–Trinajstić information content (AvgIpc) is 3.10. The van der Waals surface area contributed by atoms with Gasteiger partial charge in [-0.05, 0) is 35.6 Å². The lowest BCUT2D eigenvalue weighted by Crippen LogP contribution is -2.28. The maximum absolute atomic E-state index is 13.0. The van der Waals surface area contributed by atoms with E-state index in [1.54, 1.807) is 0 Å². The first-order valence-electron chi connectivity index (χ1n) is 11.1. The van der Waals surface area contributed by atoms with E-state index in [0.29, 0.717) is 18.5 Å². The molecule has 1 atom stereocenters. The van der Waals surface area contributed by atoms with Crippen molar-refractivity contribution >= 4 is 28.8 Å². The van der Waals surface area contributed by atoms with E-state index >= 15 is 0 Å². The van der Waals surface area contributed by atoms with Crippen molar-refractivity contribution in [3.63, 3.8) is 0 Å². The van der Waals surface area contributed by atoms with Crippen LogP contribution in [0.2, 0.25) is 0 Å². The molecule has 3 amide bonds. The molecule has 164 valence electrons. The zero-order chi connectivity index (χ0) is 22.1. The molecule has 6 heteroatoms. The Hall–Kier alpha value is -2.60. The molecule has 1 heterocycles. The Balaban J connectivity index is 1.71. The fraction of sp³-hybridized carbons (Fsp3) is 0.400. The molecule has 0 aromatic heterocycles. The second-order valence-corrected chi connectivity index (χ2v) is 9.02. The average molecular weight is 439 g/mol. The molecule has 2 aromatic rings. The molecule has 0 radical (unpaired) electrons. The smallest absolute Gasteiger partial charge is 0.286 e. The number of rotatable bonds is 11. The van der Waals surface area contributed by atoms with Gasteiger partial charge in [0.1, 0.15) is 0 Å². The lowest BCUT2D eigenvalue weighted by Gasteiger charge is -2.14. The van der Waals surface area contributed by atoms with E-state index in [2.05, 4.69) is 17.6 Å². The van der Waals surface area contributed by atoms with Gasteiger partial charge in [0.25, 0.3) is 11.1 Å². The van der Waals surface area contributed by atoms with Crippen LogP contribution < -0.4 is 10.6 Å². The molecule has 0 bridgehead atoms. The van der Waals surface area contributed by atoms with Gasteiger partial charge in [0.05, 0.1) is 5.25 Å². The molecule has 2 aromatic carbocycles. The third-order valence-corrected chi connectivity index (χ3v) is 6.43. The van der Waals surface area contributed by atoms with Crippen molar-refractivity contribution in [3.05, 3.63) is 59.7 Å². The number of imide groups is 1.